The number of allylic oxidation sites excluding steroid dienone is 5. The summed E-state index contributed by atoms with van der Waals surface area (Å²) < 4.78 is 12.8. The minimum Gasteiger partial charge on any atom is -0.328 e. The molecule has 0 aliphatic heterocycles. The fourth-order valence-electron chi connectivity index (χ4n) is 1.77. The topological polar surface area (TPSA) is 55.1 Å². The van der Waals surface area contributed by atoms with Crippen LogP contribution in [-0.4, -0.2) is 12.5 Å². The van der Waals surface area contributed by atoms with Crippen LogP contribution in [0, 0.1) is 0 Å². The van der Waals surface area contributed by atoms with E-state index in [1.54, 1.807) is 12.2 Å². The Labute approximate surface area is 121 Å². The number of amides is 1. The third kappa shape index (κ3) is 9.50. The zero-order valence-electron chi connectivity index (χ0n) is 12.6. The third-order valence-electron chi connectivity index (χ3n) is 2.89. The highest BCUT2D eigenvalue weighted by Crippen LogP contribution is 2.12. The van der Waals surface area contributed by atoms with Gasteiger partial charge in [-0.3, -0.25) is 4.79 Å². The predicted octanol–water partition coefficient (Wildman–Crippen LogP) is 3.73. The van der Waals surface area contributed by atoms with Crippen LogP contribution >= 0.6 is 0 Å². The van der Waals surface area contributed by atoms with E-state index in [1.165, 1.54) is 44.3 Å². The van der Waals surface area contributed by atoms with Gasteiger partial charge in [0.2, 0.25) is 6.41 Å². The first-order valence-electron chi connectivity index (χ1n) is 7.34. The zero-order valence-corrected chi connectivity index (χ0v) is 12.6. The second-order valence-corrected chi connectivity index (χ2v) is 4.75. The van der Waals surface area contributed by atoms with E-state index >= 15 is 0 Å². The number of rotatable bonds is 7. The summed E-state index contributed by atoms with van der Waals surface area (Å²) in [6.07, 6.45) is 13.7. The lowest BCUT2D eigenvalue weighted by atomic mass is 10.1. The maximum atomic E-state index is 12.8. The summed E-state index contributed by atoms with van der Waals surface area (Å²) in [5.74, 6) is -0.387. The Morgan fingerprint density at radius 1 is 1.40 bits per heavy atom. The minimum atomic E-state index is -0.387. The van der Waals surface area contributed by atoms with E-state index < -0.39 is 0 Å². The van der Waals surface area contributed by atoms with Crippen molar-refractivity contribution in [2.75, 3.05) is 0 Å². The van der Waals surface area contributed by atoms with E-state index in [9.17, 15) is 9.18 Å². The number of carbonyl (C=O) groups excluding carboxylic acids is 1. The number of unbranched alkanes of at least 4 members (excludes halogenated alkanes) is 1. The van der Waals surface area contributed by atoms with Crippen LogP contribution in [0.1, 0.15) is 52.4 Å². The molecule has 1 aliphatic rings. The molecule has 20 heavy (non-hydrogen) atoms. The van der Waals surface area contributed by atoms with Gasteiger partial charge in [0.1, 0.15) is 5.83 Å². The molecule has 0 saturated carbocycles. The quantitative estimate of drug-likeness (QED) is 0.699. The van der Waals surface area contributed by atoms with Crippen molar-refractivity contribution >= 4 is 6.41 Å². The molecular weight excluding hydrogens is 255 g/mol. The molecule has 0 spiro atoms. The molecule has 1 aliphatic carbocycles. The zero-order chi connectivity index (χ0) is 15.2. The van der Waals surface area contributed by atoms with Crippen molar-refractivity contribution < 1.29 is 9.18 Å². The Morgan fingerprint density at radius 3 is 2.75 bits per heavy atom. The van der Waals surface area contributed by atoms with Crippen molar-refractivity contribution in [1.29, 1.82) is 0 Å². The van der Waals surface area contributed by atoms with Crippen LogP contribution in [0.4, 0.5) is 4.39 Å². The highest BCUT2D eigenvalue weighted by atomic mass is 19.1. The molecule has 0 radical (unpaired) electrons. The molecule has 1 atom stereocenters. The standard InChI is InChI=1S/C8H8FNO.C8H19N/c9-7-4-2-1-3-5-8(7)10-6-11;1-3-5-7-8(9)6-4-2/h1,3-6H,2H2,(H,10,11);8H,3-7,9H2,1-2H3. The Balaban J connectivity index is 0.000000370. The van der Waals surface area contributed by atoms with Crippen molar-refractivity contribution in [3.05, 3.63) is 35.8 Å². The summed E-state index contributed by atoms with van der Waals surface area (Å²) >= 11 is 0. The summed E-state index contributed by atoms with van der Waals surface area (Å²) in [5.41, 5.74) is 5.99. The molecule has 1 amide bonds. The van der Waals surface area contributed by atoms with Gasteiger partial charge in [-0.25, -0.2) is 4.39 Å². The van der Waals surface area contributed by atoms with Gasteiger partial charge in [0, 0.05) is 6.04 Å². The second-order valence-electron chi connectivity index (χ2n) is 4.75. The van der Waals surface area contributed by atoms with Gasteiger partial charge in [0.05, 0.1) is 5.70 Å². The number of hydrogen-bond donors (Lipinski definition) is 2. The van der Waals surface area contributed by atoms with E-state index in [1.807, 2.05) is 0 Å². The summed E-state index contributed by atoms with van der Waals surface area (Å²) in [5, 5.41) is 2.26. The molecule has 3 N–H and O–H groups in total. The van der Waals surface area contributed by atoms with Gasteiger partial charge in [-0.05, 0) is 31.4 Å². The van der Waals surface area contributed by atoms with E-state index in [4.69, 9.17) is 5.73 Å². The van der Waals surface area contributed by atoms with E-state index in [0.29, 0.717) is 18.9 Å². The molecule has 1 unspecified atom stereocenters. The Kier molecular flexibility index (Phi) is 11.7. The molecule has 0 fully saturated rings. The lowest BCUT2D eigenvalue weighted by Gasteiger charge is -2.07. The van der Waals surface area contributed by atoms with Gasteiger partial charge in [-0.15, -0.1) is 0 Å². The summed E-state index contributed by atoms with van der Waals surface area (Å²) in [7, 11) is 0. The van der Waals surface area contributed by atoms with Gasteiger partial charge >= 0.3 is 0 Å². The largest absolute Gasteiger partial charge is 0.328 e. The Hall–Kier alpha value is -1.42. The Bertz CT molecular complexity index is 348. The molecule has 0 aromatic rings. The average molecular weight is 282 g/mol. The summed E-state index contributed by atoms with van der Waals surface area (Å²) in [6, 6.07) is 0.468. The fraction of sp³-hybridized carbons (Fsp3) is 0.562. The monoisotopic (exact) mass is 282 g/mol. The van der Waals surface area contributed by atoms with E-state index in [2.05, 4.69) is 19.2 Å². The Morgan fingerprint density at radius 2 is 2.15 bits per heavy atom. The van der Waals surface area contributed by atoms with Crippen LogP contribution in [0.15, 0.2) is 35.8 Å². The van der Waals surface area contributed by atoms with Crippen LogP contribution < -0.4 is 11.1 Å². The number of halogens is 1. The van der Waals surface area contributed by atoms with Crippen molar-refractivity contribution in [3.63, 3.8) is 0 Å². The molecule has 0 heterocycles. The molecule has 1 rings (SSSR count). The second kappa shape index (κ2) is 12.6. The number of nitrogens with one attached hydrogen (secondary N) is 1. The normalized spacial score (nSPS) is 15.2. The summed E-state index contributed by atoms with van der Waals surface area (Å²) in [6.45, 7) is 4.39. The first-order chi connectivity index (χ1) is 9.65. The lowest BCUT2D eigenvalue weighted by Crippen LogP contribution is -2.18. The van der Waals surface area contributed by atoms with E-state index in [-0.39, 0.29) is 11.5 Å². The number of nitrogens with two attached hydrogens (primary N) is 1. The molecule has 0 bridgehead atoms. The number of carbonyl (C=O) groups is 1. The maximum Gasteiger partial charge on any atom is 0.211 e. The van der Waals surface area contributed by atoms with Gasteiger partial charge in [-0.1, -0.05) is 45.3 Å². The van der Waals surface area contributed by atoms with Crippen LogP contribution in [-0.2, 0) is 4.79 Å². The van der Waals surface area contributed by atoms with Crippen LogP contribution in [0.25, 0.3) is 0 Å². The first-order valence-corrected chi connectivity index (χ1v) is 7.34. The predicted molar refractivity (Wildman–Crippen MR) is 82.6 cm³/mol. The van der Waals surface area contributed by atoms with E-state index in [0.717, 1.165) is 0 Å². The molecule has 3 nitrogen and oxygen atoms in total. The molecule has 4 heteroatoms. The van der Waals surface area contributed by atoms with Crippen molar-refractivity contribution in [2.45, 2.75) is 58.4 Å². The smallest absolute Gasteiger partial charge is 0.211 e. The van der Waals surface area contributed by atoms with Crippen molar-refractivity contribution in [3.8, 4) is 0 Å². The van der Waals surface area contributed by atoms with Gasteiger partial charge in [-0.2, -0.15) is 0 Å². The fourth-order valence-corrected chi connectivity index (χ4v) is 1.77. The SMILES string of the molecule is CCCCC(N)CCC.O=CNC1=CC=CCC=C1F. The van der Waals surface area contributed by atoms with Gasteiger partial charge in [0.15, 0.2) is 0 Å². The molecule has 114 valence electrons. The van der Waals surface area contributed by atoms with Crippen molar-refractivity contribution in [2.24, 2.45) is 5.73 Å². The average Bonchev–Trinajstić information content (AvgIpc) is 2.63. The van der Waals surface area contributed by atoms with Crippen molar-refractivity contribution in [1.82, 2.24) is 5.32 Å². The van der Waals surface area contributed by atoms with Crippen LogP contribution in [0.5, 0.6) is 0 Å². The number of hydrogen-bond acceptors (Lipinski definition) is 2. The minimum absolute atomic E-state index is 0.216. The molecule has 0 aromatic carbocycles. The van der Waals surface area contributed by atoms with Crippen LogP contribution in [0.3, 0.4) is 0 Å². The molecule has 0 saturated heterocycles. The third-order valence-corrected chi connectivity index (χ3v) is 2.89. The molecule has 0 aromatic heterocycles. The van der Waals surface area contributed by atoms with Gasteiger partial charge < -0.3 is 11.1 Å². The first kappa shape index (κ1) is 18.6. The lowest BCUT2D eigenvalue weighted by molar-refractivity contribution is -0.108. The molecular formula is C16H27FN2O. The maximum absolute atomic E-state index is 12.8. The van der Waals surface area contributed by atoms with Crippen LogP contribution in [0.2, 0.25) is 0 Å². The highest BCUT2D eigenvalue weighted by molar-refractivity contribution is 5.53. The van der Waals surface area contributed by atoms with Gasteiger partial charge in [0.25, 0.3) is 0 Å². The summed E-state index contributed by atoms with van der Waals surface area (Å²) in [4.78, 5) is 9.96. The highest BCUT2D eigenvalue weighted by Gasteiger charge is 2.02.